The van der Waals surface area contributed by atoms with E-state index in [0.29, 0.717) is 28.7 Å². The molecule has 1 fully saturated rings. The summed E-state index contributed by atoms with van der Waals surface area (Å²) in [5, 5.41) is 4.99. The van der Waals surface area contributed by atoms with E-state index in [1.807, 2.05) is 18.2 Å². The van der Waals surface area contributed by atoms with Gasteiger partial charge in [-0.3, -0.25) is 0 Å². The summed E-state index contributed by atoms with van der Waals surface area (Å²) in [6.45, 7) is 4.21. The van der Waals surface area contributed by atoms with E-state index in [4.69, 9.17) is 27.9 Å². The molecule has 0 aromatic carbocycles. The van der Waals surface area contributed by atoms with Gasteiger partial charge in [-0.25, -0.2) is 4.98 Å². The third-order valence-corrected chi connectivity index (χ3v) is 5.34. The van der Waals surface area contributed by atoms with Gasteiger partial charge in [-0.1, -0.05) is 35.4 Å². The fourth-order valence-corrected chi connectivity index (χ4v) is 3.87. The Balaban J connectivity index is 1.68. The molecular weight excluding hydrogens is 331 g/mol. The molecule has 1 aliphatic heterocycles. The van der Waals surface area contributed by atoms with E-state index in [1.165, 1.54) is 0 Å². The molecule has 0 amide bonds. The second kappa shape index (κ2) is 7.69. The van der Waals surface area contributed by atoms with Crippen molar-refractivity contribution >= 4 is 23.2 Å². The average Bonchev–Trinajstić information content (AvgIpc) is 2.58. The van der Waals surface area contributed by atoms with E-state index >= 15 is 0 Å². The Morgan fingerprint density at radius 2 is 2.22 bits per heavy atom. The molecule has 1 N–H and O–H groups in total. The molecule has 4 atom stereocenters. The van der Waals surface area contributed by atoms with Crippen LogP contribution in [0, 0.1) is 17.8 Å². The van der Waals surface area contributed by atoms with Crippen LogP contribution in [-0.4, -0.2) is 24.2 Å². The van der Waals surface area contributed by atoms with Gasteiger partial charge in [-0.2, -0.15) is 0 Å². The van der Waals surface area contributed by atoms with E-state index in [9.17, 15) is 0 Å². The van der Waals surface area contributed by atoms with Crippen molar-refractivity contribution in [1.82, 2.24) is 10.3 Å². The highest BCUT2D eigenvalue weighted by molar-refractivity contribution is 6.31. The quantitative estimate of drug-likeness (QED) is 0.870. The van der Waals surface area contributed by atoms with E-state index in [-0.39, 0.29) is 6.10 Å². The Hall–Kier alpha value is -1.03. The lowest BCUT2D eigenvalue weighted by atomic mass is 9.73. The predicted molar refractivity (Wildman–Crippen MR) is 95.0 cm³/mol. The molecule has 3 rings (SSSR count). The molecule has 3 nitrogen and oxygen atoms in total. The highest BCUT2D eigenvalue weighted by Gasteiger charge is 2.35. The van der Waals surface area contributed by atoms with Gasteiger partial charge in [-0.05, 0) is 56.8 Å². The van der Waals surface area contributed by atoms with Gasteiger partial charge in [0.15, 0.2) is 0 Å². The highest BCUT2D eigenvalue weighted by Crippen LogP contribution is 2.35. The first kappa shape index (κ1) is 16.8. The Morgan fingerprint density at radius 1 is 1.35 bits per heavy atom. The van der Waals surface area contributed by atoms with Crippen LogP contribution < -0.4 is 10.1 Å². The van der Waals surface area contributed by atoms with E-state index in [2.05, 4.69) is 29.4 Å². The molecule has 1 aromatic rings. The van der Waals surface area contributed by atoms with Crippen LogP contribution in [0.2, 0.25) is 5.02 Å². The molecule has 0 saturated carbocycles. The normalized spacial score (nSPS) is 29.0. The van der Waals surface area contributed by atoms with Crippen LogP contribution in [0.5, 0.6) is 5.88 Å². The zero-order chi connectivity index (χ0) is 16.2. The van der Waals surface area contributed by atoms with Crippen molar-refractivity contribution in [3.63, 3.8) is 0 Å². The standard InChI is InChI=1S/C18H22Cl2N2O/c1-12(23-18-7-6-15(20)10-22-18)16-8-9-21-11-17(16)13-2-4-14(19)5-3-13/h2,4-7,10,12-13,16-17,21H,3,8-9,11H2,1H3/t12-,13?,16?,17+/m0/s1. The van der Waals surface area contributed by atoms with E-state index < -0.39 is 0 Å². The molecule has 0 radical (unpaired) electrons. The molecule has 1 saturated heterocycles. The summed E-state index contributed by atoms with van der Waals surface area (Å²) in [7, 11) is 0. The number of halogens is 2. The number of allylic oxidation sites excluding steroid dienone is 4. The van der Waals surface area contributed by atoms with Gasteiger partial charge in [0.2, 0.25) is 5.88 Å². The van der Waals surface area contributed by atoms with E-state index in [0.717, 1.165) is 31.0 Å². The topological polar surface area (TPSA) is 34.1 Å². The number of hydrogen-bond donors (Lipinski definition) is 1. The van der Waals surface area contributed by atoms with Crippen molar-refractivity contribution in [2.45, 2.75) is 25.9 Å². The van der Waals surface area contributed by atoms with Crippen LogP contribution in [0.15, 0.2) is 41.6 Å². The van der Waals surface area contributed by atoms with Gasteiger partial charge in [0.05, 0.1) is 5.02 Å². The summed E-state index contributed by atoms with van der Waals surface area (Å²) in [6.07, 6.45) is 10.2. The lowest BCUT2D eigenvalue weighted by Gasteiger charge is -2.39. The molecule has 0 spiro atoms. The number of ether oxygens (including phenoxy) is 1. The molecule has 23 heavy (non-hydrogen) atoms. The average molecular weight is 353 g/mol. The molecule has 1 aliphatic carbocycles. The zero-order valence-corrected chi connectivity index (χ0v) is 14.7. The molecule has 2 unspecified atom stereocenters. The van der Waals surface area contributed by atoms with Crippen LogP contribution in [0.25, 0.3) is 0 Å². The molecule has 1 aromatic heterocycles. The van der Waals surface area contributed by atoms with Crippen molar-refractivity contribution in [2.24, 2.45) is 17.8 Å². The van der Waals surface area contributed by atoms with Crippen LogP contribution in [0.3, 0.4) is 0 Å². The maximum Gasteiger partial charge on any atom is 0.213 e. The van der Waals surface area contributed by atoms with Gasteiger partial charge >= 0.3 is 0 Å². The van der Waals surface area contributed by atoms with Crippen LogP contribution >= 0.6 is 23.2 Å². The predicted octanol–water partition coefficient (Wildman–Crippen LogP) is 4.43. The Kier molecular flexibility index (Phi) is 5.62. The van der Waals surface area contributed by atoms with Crippen LogP contribution in [0.4, 0.5) is 0 Å². The van der Waals surface area contributed by atoms with Crippen molar-refractivity contribution in [3.05, 3.63) is 46.6 Å². The first-order valence-electron chi connectivity index (χ1n) is 8.16. The van der Waals surface area contributed by atoms with Gasteiger partial charge in [0.1, 0.15) is 6.10 Å². The smallest absolute Gasteiger partial charge is 0.213 e. The Labute approximate surface area is 147 Å². The summed E-state index contributed by atoms with van der Waals surface area (Å²) in [5.41, 5.74) is 0. The number of hydrogen-bond acceptors (Lipinski definition) is 3. The molecule has 5 heteroatoms. The van der Waals surface area contributed by atoms with Crippen LogP contribution in [-0.2, 0) is 0 Å². The monoisotopic (exact) mass is 352 g/mol. The third-order valence-electron chi connectivity index (χ3n) is 4.83. The molecule has 0 bridgehead atoms. The minimum absolute atomic E-state index is 0.116. The van der Waals surface area contributed by atoms with Gasteiger partial charge < -0.3 is 10.1 Å². The maximum atomic E-state index is 6.09. The van der Waals surface area contributed by atoms with Gasteiger partial charge in [0, 0.05) is 23.2 Å². The van der Waals surface area contributed by atoms with Gasteiger partial charge in [0.25, 0.3) is 0 Å². The minimum Gasteiger partial charge on any atom is -0.474 e. The van der Waals surface area contributed by atoms with Crippen molar-refractivity contribution in [1.29, 1.82) is 0 Å². The third kappa shape index (κ3) is 4.28. The Bertz CT molecular complexity index is 585. The summed E-state index contributed by atoms with van der Waals surface area (Å²) >= 11 is 11.9. The first-order valence-corrected chi connectivity index (χ1v) is 8.92. The first-order chi connectivity index (χ1) is 11.1. The zero-order valence-electron chi connectivity index (χ0n) is 13.2. The fourth-order valence-electron chi connectivity index (χ4n) is 3.59. The number of nitrogens with one attached hydrogen (secondary N) is 1. The molecule has 2 heterocycles. The number of pyridine rings is 1. The summed E-state index contributed by atoms with van der Waals surface area (Å²) < 4.78 is 6.09. The maximum absolute atomic E-state index is 6.09. The number of nitrogens with zero attached hydrogens (tertiary/aromatic N) is 1. The number of aromatic nitrogens is 1. The summed E-state index contributed by atoms with van der Waals surface area (Å²) in [6, 6.07) is 3.64. The molecule has 2 aliphatic rings. The molecular formula is C18H22Cl2N2O. The Morgan fingerprint density at radius 3 is 2.91 bits per heavy atom. The SMILES string of the molecule is C[C@H](Oc1ccc(Cl)cn1)C1CCNC[C@@H]1C1C=CC(Cl)=CC1. The van der Waals surface area contributed by atoms with E-state index in [1.54, 1.807) is 6.20 Å². The fraction of sp³-hybridized carbons (Fsp3) is 0.500. The largest absolute Gasteiger partial charge is 0.474 e. The molecule has 124 valence electrons. The summed E-state index contributed by atoms with van der Waals surface area (Å²) in [4.78, 5) is 4.25. The van der Waals surface area contributed by atoms with Crippen molar-refractivity contribution < 1.29 is 4.74 Å². The second-order valence-electron chi connectivity index (χ2n) is 6.31. The highest BCUT2D eigenvalue weighted by atomic mass is 35.5. The number of piperidine rings is 1. The van der Waals surface area contributed by atoms with Gasteiger partial charge in [-0.15, -0.1) is 0 Å². The summed E-state index contributed by atoms with van der Waals surface area (Å²) in [5.74, 6) is 2.19. The lowest BCUT2D eigenvalue weighted by molar-refractivity contribution is 0.0658. The second-order valence-corrected chi connectivity index (χ2v) is 7.18. The van der Waals surface area contributed by atoms with Crippen molar-refractivity contribution in [2.75, 3.05) is 13.1 Å². The minimum atomic E-state index is 0.116. The number of rotatable bonds is 4. The van der Waals surface area contributed by atoms with Crippen molar-refractivity contribution in [3.8, 4) is 5.88 Å². The van der Waals surface area contributed by atoms with Crippen LogP contribution in [0.1, 0.15) is 19.8 Å². The lowest BCUT2D eigenvalue weighted by Crippen LogP contribution is -2.45.